The van der Waals surface area contributed by atoms with E-state index in [9.17, 15) is 4.79 Å². The molecule has 0 unspecified atom stereocenters. The number of hydrogen-bond donors (Lipinski definition) is 0. The Bertz CT molecular complexity index is 508. The van der Waals surface area contributed by atoms with Gasteiger partial charge in [-0.25, -0.2) is 4.68 Å². The number of ether oxygens (including phenoxy) is 1. The summed E-state index contributed by atoms with van der Waals surface area (Å²) in [5.41, 5.74) is 0.904. The van der Waals surface area contributed by atoms with Gasteiger partial charge in [0.05, 0.1) is 5.69 Å². The van der Waals surface area contributed by atoms with Gasteiger partial charge in [-0.2, -0.15) is 0 Å². The molecule has 0 fully saturated rings. The molecule has 82 valence electrons. The topological polar surface area (TPSA) is 44.1 Å². The van der Waals surface area contributed by atoms with Crippen LogP contribution in [0.1, 0.15) is 6.92 Å². The Morgan fingerprint density at radius 2 is 2.06 bits per heavy atom. The lowest BCUT2D eigenvalue weighted by molar-refractivity contribution is -0.132. The molecule has 0 atom stereocenters. The van der Waals surface area contributed by atoms with E-state index in [1.54, 1.807) is 10.9 Å². The van der Waals surface area contributed by atoms with Gasteiger partial charge in [-0.1, -0.05) is 18.2 Å². The smallest absolute Gasteiger partial charge is 0.309 e. The van der Waals surface area contributed by atoms with E-state index in [2.05, 4.69) is 21.0 Å². The van der Waals surface area contributed by atoms with E-state index in [0.29, 0.717) is 4.47 Å². The van der Waals surface area contributed by atoms with Crippen LogP contribution in [-0.4, -0.2) is 15.7 Å². The van der Waals surface area contributed by atoms with Gasteiger partial charge in [0.1, 0.15) is 4.47 Å². The number of carbonyl (C=O) groups excluding carboxylic acids is 1. The third-order valence-electron chi connectivity index (χ3n) is 1.90. The zero-order valence-corrected chi connectivity index (χ0v) is 10.1. The van der Waals surface area contributed by atoms with Gasteiger partial charge in [0.25, 0.3) is 5.88 Å². The first-order valence-electron chi connectivity index (χ1n) is 4.66. The van der Waals surface area contributed by atoms with Crippen LogP contribution in [0.25, 0.3) is 5.69 Å². The average molecular weight is 281 g/mol. The van der Waals surface area contributed by atoms with E-state index >= 15 is 0 Å². The average Bonchev–Trinajstić information content (AvgIpc) is 2.61. The van der Waals surface area contributed by atoms with E-state index in [0.717, 1.165) is 5.69 Å². The van der Waals surface area contributed by atoms with Crippen LogP contribution in [0, 0.1) is 0 Å². The Kier molecular flexibility index (Phi) is 3.05. The van der Waals surface area contributed by atoms with E-state index < -0.39 is 0 Å². The molecular formula is C11H9BrN2O2. The summed E-state index contributed by atoms with van der Waals surface area (Å²) in [6, 6.07) is 9.58. The minimum absolute atomic E-state index is 0.274. The van der Waals surface area contributed by atoms with Gasteiger partial charge in [-0.15, -0.1) is 5.10 Å². The second-order valence-corrected chi connectivity index (χ2v) is 4.01. The largest absolute Gasteiger partial charge is 0.405 e. The number of rotatable bonds is 2. The minimum atomic E-state index is -0.390. The fraction of sp³-hybridized carbons (Fsp3) is 0.0909. The highest BCUT2D eigenvalue weighted by atomic mass is 79.9. The van der Waals surface area contributed by atoms with Crippen molar-refractivity contribution >= 4 is 21.9 Å². The highest BCUT2D eigenvalue weighted by Crippen LogP contribution is 2.24. The van der Waals surface area contributed by atoms with Gasteiger partial charge in [-0.3, -0.25) is 4.79 Å². The second kappa shape index (κ2) is 4.49. The van der Waals surface area contributed by atoms with Crippen LogP contribution in [0.5, 0.6) is 5.88 Å². The summed E-state index contributed by atoms with van der Waals surface area (Å²) in [6.45, 7) is 1.34. The van der Waals surface area contributed by atoms with Crippen LogP contribution in [0.15, 0.2) is 41.0 Å². The monoisotopic (exact) mass is 280 g/mol. The highest BCUT2D eigenvalue weighted by Gasteiger charge is 2.10. The number of aromatic nitrogens is 2. The fourth-order valence-corrected chi connectivity index (χ4v) is 1.61. The van der Waals surface area contributed by atoms with Crippen molar-refractivity contribution in [1.29, 1.82) is 0 Å². The molecule has 1 aromatic heterocycles. The number of para-hydroxylation sites is 1. The van der Waals surface area contributed by atoms with Crippen molar-refractivity contribution in [1.82, 2.24) is 9.78 Å². The van der Waals surface area contributed by atoms with Gasteiger partial charge in [0.2, 0.25) is 0 Å². The second-order valence-electron chi connectivity index (χ2n) is 3.16. The molecule has 1 heterocycles. The van der Waals surface area contributed by atoms with Crippen molar-refractivity contribution in [3.8, 4) is 11.6 Å². The van der Waals surface area contributed by atoms with Crippen LogP contribution in [-0.2, 0) is 4.79 Å². The fourth-order valence-electron chi connectivity index (χ4n) is 1.26. The third-order valence-corrected chi connectivity index (χ3v) is 2.44. The molecule has 0 aliphatic rings. The number of halogens is 1. The Hall–Kier alpha value is -1.62. The lowest BCUT2D eigenvalue weighted by Crippen LogP contribution is -2.03. The first kappa shape index (κ1) is 10.9. The number of esters is 1. The Balaban J connectivity index is 2.34. The maximum Gasteiger partial charge on any atom is 0.309 e. The minimum Gasteiger partial charge on any atom is -0.405 e. The SMILES string of the molecule is CC(=O)Oc1nn(-c2ccccc2)cc1Br. The number of hydrogen-bond acceptors (Lipinski definition) is 3. The summed E-state index contributed by atoms with van der Waals surface area (Å²) < 4.78 is 7.22. The Morgan fingerprint density at radius 3 is 2.69 bits per heavy atom. The molecule has 1 aromatic carbocycles. The summed E-state index contributed by atoms with van der Waals surface area (Å²) in [5, 5.41) is 4.15. The van der Waals surface area contributed by atoms with Crippen molar-refractivity contribution in [2.75, 3.05) is 0 Å². The van der Waals surface area contributed by atoms with Gasteiger partial charge < -0.3 is 4.74 Å². The molecule has 2 aromatic rings. The van der Waals surface area contributed by atoms with Crippen LogP contribution in [0.4, 0.5) is 0 Å². The first-order chi connectivity index (χ1) is 7.66. The molecular weight excluding hydrogens is 272 g/mol. The predicted octanol–water partition coefficient (Wildman–Crippen LogP) is 2.56. The van der Waals surface area contributed by atoms with Crippen molar-refractivity contribution in [2.45, 2.75) is 6.92 Å². The maximum atomic E-state index is 10.8. The number of benzene rings is 1. The van der Waals surface area contributed by atoms with Crippen LogP contribution >= 0.6 is 15.9 Å². The van der Waals surface area contributed by atoms with Crippen LogP contribution in [0.3, 0.4) is 0 Å². The normalized spacial score (nSPS) is 10.1. The van der Waals surface area contributed by atoms with Crippen molar-refractivity contribution in [2.24, 2.45) is 0 Å². The molecule has 0 aliphatic heterocycles. The van der Waals surface area contributed by atoms with Gasteiger partial charge in [0, 0.05) is 13.1 Å². The molecule has 0 amide bonds. The summed E-state index contributed by atoms with van der Waals surface area (Å²) in [4.78, 5) is 10.8. The number of nitrogens with zero attached hydrogens (tertiary/aromatic N) is 2. The van der Waals surface area contributed by atoms with Crippen LogP contribution in [0.2, 0.25) is 0 Å². The molecule has 2 rings (SSSR count). The van der Waals surface area contributed by atoms with Crippen molar-refractivity contribution in [3.05, 3.63) is 41.0 Å². The van der Waals surface area contributed by atoms with Gasteiger partial charge in [-0.05, 0) is 28.1 Å². The van der Waals surface area contributed by atoms with E-state index in [-0.39, 0.29) is 11.8 Å². The molecule has 0 bridgehead atoms. The molecule has 16 heavy (non-hydrogen) atoms. The van der Waals surface area contributed by atoms with E-state index in [1.807, 2.05) is 30.3 Å². The molecule has 0 radical (unpaired) electrons. The van der Waals surface area contributed by atoms with Crippen LogP contribution < -0.4 is 4.74 Å². The summed E-state index contributed by atoms with van der Waals surface area (Å²) in [5.74, 6) is -0.115. The van der Waals surface area contributed by atoms with E-state index in [1.165, 1.54) is 6.92 Å². The molecule has 0 saturated heterocycles. The standard InChI is InChI=1S/C11H9BrN2O2/c1-8(15)16-11-10(12)7-14(13-11)9-5-3-2-4-6-9/h2-7H,1H3. The molecule has 4 nitrogen and oxygen atoms in total. The molecule has 0 spiro atoms. The molecule has 5 heteroatoms. The molecule has 0 saturated carbocycles. The Labute approximate surface area is 101 Å². The summed E-state index contributed by atoms with van der Waals surface area (Å²) in [6.07, 6.45) is 1.74. The van der Waals surface area contributed by atoms with Crippen molar-refractivity contribution < 1.29 is 9.53 Å². The Morgan fingerprint density at radius 1 is 1.38 bits per heavy atom. The lowest BCUT2D eigenvalue weighted by Gasteiger charge is -1.99. The van der Waals surface area contributed by atoms with E-state index in [4.69, 9.17) is 4.74 Å². The van der Waals surface area contributed by atoms with Crippen molar-refractivity contribution in [3.63, 3.8) is 0 Å². The maximum absolute atomic E-state index is 10.8. The lowest BCUT2D eigenvalue weighted by atomic mass is 10.3. The molecule has 0 N–H and O–H groups in total. The predicted molar refractivity (Wildman–Crippen MR) is 62.6 cm³/mol. The first-order valence-corrected chi connectivity index (χ1v) is 5.45. The zero-order chi connectivity index (χ0) is 11.5. The quantitative estimate of drug-likeness (QED) is 0.795. The van der Waals surface area contributed by atoms with Gasteiger partial charge >= 0.3 is 5.97 Å². The highest BCUT2D eigenvalue weighted by molar-refractivity contribution is 9.10. The molecule has 0 aliphatic carbocycles. The number of carbonyl (C=O) groups is 1. The zero-order valence-electron chi connectivity index (χ0n) is 8.55. The third kappa shape index (κ3) is 2.30. The summed E-state index contributed by atoms with van der Waals surface area (Å²) >= 11 is 3.28. The summed E-state index contributed by atoms with van der Waals surface area (Å²) in [7, 11) is 0. The van der Waals surface area contributed by atoms with Gasteiger partial charge in [0.15, 0.2) is 0 Å².